The summed E-state index contributed by atoms with van der Waals surface area (Å²) in [5.74, 6) is -0.269. The van der Waals surface area contributed by atoms with Crippen LogP contribution in [-0.2, 0) is 16.6 Å². The predicted octanol–water partition coefficient (Wildman–Crippen LogP) is 2.59. The van der Waals surface area contributed by atoms with Crippen LogP contribution in [0.2, 0.25) is 4.34 Å². The van der Waals surface area contributed by atoms with Crippen LogP contribution in [0.1, 0.15) is 4.88 Å². The van der Waals surface area contributed by atoms with Gasteiger partial charge in [-0.05, 0) is 24.3 Å². The van der Waals surface area contributed by atoms with Crippen LogP contribution >= 0.6 is 22.9 Å². The SMILES string of the molecule is O=S(=O)(NCc1ccc(Cl)s1)c1ccccc1O. The van der Waals surface area contributed by atoms with Crippen molar-refractivity contribution in [3.05, 3.63) is 45.6 Å². The molecule has 2 aromatic rings. The van der Waals surface area contributed by atoms with Crippen LogP contribution in [0, 0.1) is 0 Å². The molecular weight excluding hydrogens is 294 g/mol. The van der Waals surface area contributed by atoms with Gasteiger partial charge >= 0.3 is 0 Å². The van der Waals surface area contributed by atoms with Crippen molar-refractivity contribution in [2.45, 2.75) is 11.4 Å². The van der Waals surface area contributed by atoms with E-state index in [1.54, 1.807) is 24.3 Å². The van der Waals surface area contributed by atoms with Gasteiger partial charge in [0.1, 0.15) is 10.6 Å². The summed E-state index contributed by atoms with van der Waals surface area (Å²) < 4.78 is 26.9. The van der Waals surface area contributed by atoms with Crippen LogP contribution in [0.15, 0.2) is 41.3 Å². The minimum Gasteiger partial charge on any atom is -0.507 e. The van der Waals surface area contributed by atoms with Gasteiger partial charge in [-0.15, -0.1) is 11.3 Å². The van der Waals surface area contributed by atoms with E-state index in [9.17, 15) is 13.5 Å². The highest BCUT2D eigenvalue weighted by atomic mass is 35.5. The molecule has 0 radical (unpaired) electrons. The molecule has 4 nitrogen and oxygen atoms in total. The number of halogens is 1. The lowest BCUT2D eigenvalue weighted by molar-refractivity contribution is 0.458. The molecule has 0 aliphatic carbocycles. The molecule has 0 spiro atoms. The molecule has 0 saturated carbocycles. The maximum Gasteiger partial charge on any atom is 0.244 e. The number of thiophene rings is 1. The van der Waals surface area contributed by atoms with Gasteiger partial charge in [-0.1, -0.05) is 23.7 Å². The van der Waals surface area contributed by atoms with Crippen molar-refractivity contribution in [3.63, 3.8) is 0 Å². The zero-order valence-electron chi connectivity index (χ0n) is 9.13. The minimum atomic E-state index is -3.72. The van der Waals surface area contributed by atoms with E-state index < -0.39 is 10.0 Å². The van der Waals surface area contributed by atoms with E-state index in [0.717, 1.165) is 4.88 Å². The van der Waals surface area contributed by atoms with Gasteiger partial charge in [-0.2, -0.15) is 0 Å². The fourth-order valence-electron chi connectivity index (χ4n) is 1.38. The monoisotopic (exact) mass is 303 g/mol. The highest BCUT2D eigenvalue weighted by molar-refractivity contribution is 7.89. The first-order valence-corrected chi connectivity index (χ1v) is 7.69. The molecule has 1 aromatic heterocycles. The van der Waals surface area contributed by atoms with Gasteiger partial charge in [-0.25, -0.2) is 13.1 Å². The normalized spacial score (nSPS) is 11.6. The van der Waals surface area contributed by atoms with E-state index >= 15 is 0 Å². The molecule has 2 N–H and O–H groups in total. The predicted molar refractivity (Wildman–Crippen MR) is 71.5 cm³/mol. The van der Waals surface area contributed by atoms with Crippen molar-refractivity contribution in [2.75, 3.05) is 0 Å². The highest BCUT2D eigenvalue weighted by Crippen LogP contribution is 2.24. The van der Waals surface area contributed by atoms with Crippen LogP contribution in [0.25, 0.3) is 0 Å². The number of rotatable bonds is 4. The molecule has 96 valence electrons. The van der Waals surface area contributed by atoms with E-state index in [1.807, 2.05) is 0 Å². The molecule has 7 heteroatoms. The molecule has 0 saturated heterocycles. The van der Waals surface area contributed by atoms with Crippen molar-refractivity contribution >= 4 is 33.0 Å². The smallest absolute Gasteiger partial charge is 0.244 e. The number of phenolic OH excluding ortho intramolecular Hbond substituents is 1. The van der Waals surface area contributed by atoms with Crippen LogP contribution in [0.5, 0.6) is 5.75 Å². The second kappa shape index (κ2) is 5.27. The number of para-hydroxylation sites is 1. The average Bonchev–Trinajstić information content (AvgIpc) is 2.73. The Hall–Kier alpha value is -1.08. The number of phenols is 1. The summed E-state index contributed by atoms with van der Waals surface area (Å²) in [5, 5.41) is 9.51. The molecule has 1 heterocycles. The van der Waals surface area contributed by atoms with Gasteiger partial charge in [0.15, 0.2) is 0 Å². The molecule has 0 amide bonds. The second-order valence-electron chi connectivity index (χ2n) is 3.50. The molecule has 2 rings (SSSR count). The van der Waals surface area contributed by atoms with Gasteiger partial charge < -0.3 is 5.11 Å². The molecule has 1 aromatic carbocycles. The number of benzene rings is 1. The van der Waals surface area contributed by atoms with E-state index in [2.05, 4.69) is 4.72 Å². The molecule has 18 heavy (non-hydrogen) atoms. The Morgan fingerprint density at radius 1 is 1.22 bits per heavy atom. The fourth-order valence-corrected chi connectivity index (χ4v) is 3.60. The van der Waals surface area contributed by atoms with Gasteiger partial charge in [0, 0.05) is 11.4 Å². The molecule has 0 unspecified atom stereocenters. The van der Waals surface area contributed by atoms with Crippen molar-refractivity contribution in [3.8, 4) is 5.75 Å². The molecule has 0 atom stereocenters. The van der Waals surface area contributed by atoms with E-state index in [0.29, 0.717) is 4.34 Å². The minimum absolute atomic E-state index is 0.132. The lowest BCUT2D eigenvalue weighted by Crippen LogP contribution is -2.22. The van der Waals surface area contributed by atoms with E-state index in [4.69, 9.17) is 11.6 Å². The van der Waals surface area contributed by atoms with E-state index in [-0.39, 0.29) is 17.2 Å². The van der Waals surface area contributed by atoms with Gasteiger partial charge in [0.05, 0.1) is 4.34 Å². The molecule has 0 aliphatic rings. The number of hydrogen-bond acceptors (Lipinski definition) is 4. The third-order valence-corrected chi connectivity index (χ3v) is 4.90. The number of hydrogen-bond donors (Lipinski definition) is 2. The van der Waals surface area contributed by atoms with E-state index in [1.165, 1.54) is 23.5 Å². The highest BCUT2D eigenvalue weighted by Gasteiger charge is 2.17. The molecule has 0 aliphatic heterocycles. The van der Waals surface area contributed by atoms with Gasteiger partial charge in [-0.3, -0.25) is 0 Å². The van der Waals surface area contributed by atoms with Gasteiger partial charge in [0.2, 0.25) is 10.0 Å². The number of nitrogens with one attached hydrogen (secondary N) is 1. The molecule has 0 fully saturated rings. The third-order valence-electron chi connectivity index (χ3n) is 2.22. The first-order chi connectivity index (χ1) is 8.49. The Morgan fingerprint density at radius 2 is 1.94 bits per heavy atom. The van der Waals surface area contributed by atoms with Crippen molar-refractivity contribution in [1.29, 1.82) is 0 Å². The van der Waals surface area contributed by atoms with Crippen molar-refractivity contribution in [1.82, 2.24) is 4.72 Å². The maximum atomic E-state index is 11.9. The van der Waals surface area contributed by atoms with Crippen LogP contribution in [0.3, 0.4) is 0 Å². The summed E-state index contributed by atoms with van der Waals surface area (Å²) in [6.45, 7) is 0.147. The maximum absolute atomic E-state index is 11.9. The Morgan fingerprint density at radius 3 is 2.56 bits per heavy atom. The largest absolute Gasteiger partial charge is 0.507 e. The average molecular weight is 304 g/mol. The molecule has 0 bridgehead atoms. The standard InChI is InChI=1S/C11H10ClNO3S2/c12-11-6-5-8(17-11)7-13-18(15,16)10-4-2-1-3-9(10)14/h1-6,13-14H,7H2. The summed E-state index contributed by atoms with van der Waals surface area (Å²) in [6, 6.07) is 9.25. The van der Waals surface area contributed by atoms with Gasteiger partial charge in [0.25, 0.3) is 0 Å². The number of sulfonamides is 1. The first kappa shape index (κ1) is 13.4. The zero-order chi connectivity index (χ0) is 13.2. The quantitative estimate of drug-likeness (QED) is 0.912. The fraction of sp³-hybridized carbons (Fsp3) is 0.0909. The topological polar surface area (TPSA) is 66.4 Å². The molecular formula is C11H10ClNO3S2. The van der Waals surface area contributed by atoms with Crippen LogP contribution < -0.4 is 4.72 Å². The Bertz CT molecular complexity index is 652. The van der Waals surface area contributed by atoms with Crippen molar-refractivity contribution in [2.24, 2.45) is 0 Å². The Labute approximate surface area is 114 Å². The zero-order valence-corrected chi connectivity index (χ0v) is 11.5. The van der Waals surface area contributed by atoms with Crippen molar-refractivity contribution < 1.29 is 13.5 Å². The number of aromatic hydroxyl groups is 1. The summed E-state index contributed by atoms with van der Waals surface area (Å²) in [5.41, 5.74) is 0. The van der Waals surface area contributed by atoms with Crippen LogP contribution in [-0.4, -0.2) is 13.5 Å². The van der Waals surface area contributed by atoms with Crippen LogP contribution in [0.4, 0.5) is 0 Å². The third kappa shape index (κ3) is 3.02. The summed E-state index contributed by atoms with van der Waals surface area (Å²) in [7, 11) is -3.72. The second-order valence-corrected chi connectivity index (χ2v) is 7.03. The summed E-state index contributed by atoms with van der Waals surface area (Å²) in [6.07, 6.45) is 0. The summed E-state index contributed by atoms with van der Waals surface area (Å²) in [4.78, 5) is 0.673. The summed E-state index contributed by atoms with van der Waals surface area (Å²) >= 11 is 7.06. The Balaban J connectivity index is 2.16. The lowest BCUT2D eigenvalue weighted by atomic mass is 10.3. The lowest BCUT2D eigenvalue weighted by Gasteiger charge is -2.06. The first-order valence-electron chi connectivity index (χ1n) is 5.01. The Kier molecular flexibility index (Phi) is 3.91.